The van der Waals surface area contributed by atoms with E-state index < -0.39 is 6.10 Å². The molecule has 0 spiro atoms. The molecular weight excluding hydrogens is 207 g/mol. The Labute approximate surface area is 96.1 Å². The fraction of sp³-hybridized carbons (Fsp3) is 0.538. The summed E-state index contributed by atoms with van der Waals surface area (Å²) in [7, 11) is 0. The van der Waals surface area contributed by atoms with Gasteiger partial charge in [0.15, 0.2) is 0 Å². The minimum Gasteiger partial charge on any atom is -0.390 e. The molecule has 0 aliphatic rings. The van der Waals surface area contributed by atoms with Crippen LogP contribution in [0.2, 0.25) is 0 Å². The highest BCUT2D eigenvalue weighted by atomic mass is 19.1. The molecule has 16 heavy (non-hydrogen) atoms. The molecule has 0 saturated carbocycles. The first-order valence-corrected chi connectivity index (χ1v) is 5.64. The average Bonchev–Trinajstić information content (AvgIpc) is 2.23. The summed E-state index contributed by atoms with van der Waals surface area (Å²) >= 11 is 0. The summed E-state index contributed by atoms with van der Waals surface area (Å²) in [6.07, 6.45) is 0.939. The van der Waals surface area contributed by atoms with E-state index in [0.29, 0.717) is 19.6 Å². The first-order chi connectivity index (χ1) is 7.63. The van der Waals surface area contributed by atoms with Crippen molar-refractivity contribution in [3.63, 3.8) is 0 Å². The van der Waals surface area contributed by atoms with Gasteiger partial charge in [0.25, 0.3) is 0 Å². The molecule has 3 heteroatoms. The summed E-state index contributed by atoms with van der Waals surface area (Å²) < 4.78 is 18.1. The van der Waals surface area contributed by atoms with Gasteiger partial charge in [0.2, 0.25) is 0 Å². The SMILES string of the molecule is CCCOCC(O)Cc1ccc(F)cc1C. The maximum Gasteiger partial charge on any atom is 0.123 e. The minimum absolute atomic E-state index is 0.238. The summed E-state index contributed by atoms with van der Waals surface area (Å²) in [6, 6.07) is 4.62. The third kappa shape index (κ3) is 4.29. The number of aryl methyl sites for hydroxylation is 1. The van der Waals surface area contributed by atoms with Crippen LogP contribution >= 0.6 is 0 Å². The van der Waals surface area contributed by atoms with E-state index in [1.54, 1.807) is 6.07 Å². The van der Waals surface area contributed by atoms with Crippen molar-refractivity contribution in [3.8, 4) is 0 Å². The molecule has 0 amide bonds. The van der Waals surface area contributed by atoms with Gasteiger partial charge in [-0.1, -0.05) is 13.0 Å². The highest BCUT2D eigenvalue weighted by molar-refractivity contribution is 5.27. The number of aliphatic hydroxyl groups excluding tert-OH is 1. The van der Waals surface area contributed by atoms with E-state index in [2.05, 4.69) is 0 Å². The van der Waals surface area contributed by atoms with Crippen LogP contribution in [0.5, 0.6) is 0 Å². The van der Waals surface area contributed by atoms with Gasteiger partial charge in [-0.25, -0.2) is 4.39 Å². The molecule has 0 aliphatic carbocycles. The van der Waals surface area contributed by atoms with Crippen molar-refractivity contribution in [2.45, 2.75) is 32.8 Å². The van der Waals surface area contributed by atoms with Crippen molar-refractivity contribution in [3.05, 3.63) is 35.1 Å². The molecule has 0 saturated heterocycles. The number of rotatable bonds is 6. The predicted octanol–water partition coefficient (Wildman–Crippen LogP) is 2.46. The molecule has 0 aliphatic heterocycles. The Balaban J connectivity index is 2.46. The molecule has 0 aromatic heterocycles. The topological polar surface area (TPSA) is 29.5 Å². The molecular formula is C13H19FO2. The molecule has 0 fully saturated rings. The number of ether oxygens (including phenoxy) is 1. The second-order valence-electron chi connectivity index (χ2n) is 4.00. The van der Waals surface area contributed by atoms with E-state index in [0.717, 1.165) is 17.5 Å². The van der Waals surface area contributed by atoms with E-state index in [1.807, 2.05) is 13.8 Å². The largest absolute Gasteiger partial charge is 0.390 e. The predicted molar refractivity (Wildman–Crippen MR) is 62.0 cm³/mol. The van der Waals surface area contributed by atoms with Gasteiger partial charge in [0.1, 0.15) is 5.82 Å². The first kappa shape index (κ1) is 13.1. The Morgan fingerprint density at radius 2 is 2.19 bits per heavy atom. The van der Waals surface area contributed by atoms with E-state index in [-0.39, 0.29) is 5.82 Å². The van der Waals surface area contributed by atoms with Crippen LogP contribution in [-0.2, 0) is 11.2 Å². The molecule has 1 aromatic rings. The van der Waals surface area contributed by atoms with E-state index >= 15 is 0 Å². The highest BCUT2D eigenvalue weighted by Gasteiger charge is 2.08. The molecule has 0 radical (unpaired) electrons. The molecule has 90 valence electrons. The zero-order chi connectivity index (χ0) is 12.0. The summed E-state index contributed by atoms with van der Waals surface area (Å²) in [5, 5.41) is 9.70. The van der Waals surface area contributed by atoms with Crippen molar-refractivity contribution < 1.29 is 14.2 Å². The van der Waals surface area contributed by atoms with Crippen molar-refractivity contribution in [1.29, 1.82) is 0 Å². The minimum atomic E-state index is -0.518. The maximum atomic E-state index is 12.8. The van der Waals surface area contributed by atoms with Crippen LogP contribution in [0.25, 0.3) is 0 Å². The smallest absolute Gasteiger partial charge is 0.123 e. The van der Waals surface area contributed by atoms with Crippen LogP contribution in [-0.4, -0.2) is 24.4 Å². The van der Waals surface area contributed by atoms with Gasteiger partial charge in [-0.15, -0.1) is 0 Å². The molecule has 2 nitrogen and oxygen atoms in total. The molecule has 1 rings (SSSR count). The zero-order valence-electron chi connectivity index (χ0n) is 9.87. The van der Waals surface area contributed by atoms with Gasteiger partial charge >= 0.3 is 0 Å². The number of benzene rings is 1. The number of hydrogen-bond donors (Lipinski definition) is 1. The van der Waals surface area contributed by atoms with Gasteiger partial charge in [-0.2, -0.15) is 0 Å². The Hall–Kier alpha value is -0.930. The lowest BCUT2D eigenvalue weighted by Crippen LogP contribution is -2.19. The van der Waals surface area contributed by atoms with Crippen LogP contribution in [0.1, 0.15) is 24.5 Å². The number of halogens is 1. The first-order valence-electron chi connectivity index (χ1n) is 5.64. The Kier molecular flexibility index (Phi) is 5.43. The third-order valence-corrected chi connectivity index (χ3v) is 2.42. The Morgan fingerprint density at radius 1 is 1.44 bits per heavy atom. The third-order valence-electron chi connectivity index (χ3n) is 2.42. The number of aliphatic hydroxyl groups is 1. The molecule has 1 unspecified atom stereocenters. The second-order valence-corrected chi connectivity index (χ2v) is 4.00. The van der Waals surface area contributed by atoms with Gasteiger partial charge in [-0.3, -0.25) is 0 Å². The molecule has 0 heterocycles. The number of hydrogen-bond acceptors (Lipinski definition) is 2. The second kappa shape index (κ2) is 6.61. The Morgan fingerprint density at radius 3 is 2.81 bits per heavy atom. The van der Waals surface area contributed by atoms with Crippen molar-refractivity contribution in [1.82, 2.24) is 0 Å². The van der Waals surface area contributed by atoms with E-state index in [4.69, 9.17) is 4.74 Å². The van der Waals surface area contributed by atoms with Gasteiger partial charge in [0, 0.05) is 13.0 Å². The molecule has 1 atom stereocenters. The summed E-state index contributed by atoms with van der Waals surface area (Å²) in [6.45, 7) is 4.87. The summed E-state index contributed by atoms with van der Waals surface area (Å²) in [4.78, 5) is 0. The molecule has 1 aromatic carbocycles. The van der Waals surface area contributed by atoms with Gasteiger partial charge in [-0.05, 0) is 36.6 Å². The quantitative estimate of drug-likeness (QED) is 0.755. The molecule has 0 bridgehead atoms. The van der Waals surface area contributed by atoms with Crippen LogP contribution < -0.4 is 0 Å². The lowest BCUT2D eigenvalue weighted by Gasteiger charge is -2.12. The monoisotopic (exact) mass is 226 g/mol. The van der Waals surface area contributed by atoms with Crippen molar-refractivity contribution in [2.24, 2.45) is 0 Å². The lowest BCUT2D eigenvalue weighted by molar-refractivity contribution is 0.0373. The summed E-state index contributed by atoms with van der Waals surface area (Å²) in [5.74, 6) is -0.238. The van der Waals surface area contributed by atoms with Crippen LogP contribution in [0.4, 0.5) is 4.39 Å². The van der Waals surface area contributed by atoms with Crippen molar-refractivity contribution >= 4 is 0 Å². The van der Waals surface area contributed by atoms with Crippen molar-refractivity contribution in [2.75, 3.05) is 13.2 Å². The fourth-order valence-electron chi connectivity index (χ4n) is 1.56. The van der Waals surface area contributed by atoms with E-state index in [1.165, 1.54) is 12.1 Å². The van der Waals surface area contributed by atoms with E-state index in [9.17, 15) is 9.50 Å². The van der Waals surface area contributed by atoms with Gasteiger partial charge in [0.05, 0.1) is 12.7 Å². The summed E-state index contributed by atoms with van der Waals surface area (Å²) in [5.41, 5.74) is 1.84. The normalized spacial score (nSPS) is 12.8. The maximum absolute atomic E-state index is 12.8. The fourth-order valence-corrected chi connectivity index (χ4v) is 1.56. The molecule has 1 N–H and O–H groups in total. The highest BCUT2D eigenvalue weighted by Crippen LogP contribution is 2.12. The van der Waals surface area contributed by atoms with Crippen LogP contribution in [0.15, 0.2) is 18.2 Å². The van der Waals surface area contributed by atoms with Crippen LogP contribution in [0, 0.1) is 12.7 Å². The lowest BCUT2D eigenvalue weighted by atomic mass is 10.0. The average molecular weight is 226 g/mol. The standard InChI is InChI=1S/C13H19FO2/c1-3-6-16-9-13(15)8-11-4-5-12(14)7-10(11)2/h4-5,7,13,15H,3,6,8-9H2,1-2H3. The van der Waals surface area contributed by atoms with Crippen LogP contribution in [0.3, 0.4) is 0 Å². The zero-order valence-corrected chi connectivity index (χ0v) is 9.87. The Bertz CT molecular complexity index is 326. The van der Waals surface area contributed by atoms with Gasteiger partial charge < -0.3 is 9.84 Å².